The van der Waals surface area contributed by atoms with Gasteiger partial charge in [-0.1, -0.05) is 12.1 Å². The van der Waals surface area contributed by atoms with E-state index in [0.29, 0.717) is 32.7 Å². The fraction of sp³-hybridized carbons (Fsp3) is 0.333. The lowest BCUT2D eigenvalue weighted by Crippen LogP contribution is -2.43. The molecule has 1 amide bonds. The number of hydrogen-bond acceptors (Lipinski definition) is 6. The van der Waals surface area contributed by atoms with E-state index in [9.17, 15) is 14.4 Å². The molecule has 0 unspecified atom stereocenters. The van der Waals surface area contributed by atoms with Crippen LogP contribution in [0.5, 0.6) is 0 Å². The molecule has 8 nitrogen and oxygen atoms in total. The number of hydrogen-bond donors (Lipinski definition) is 1. The molecule has 4 heterocycles. The average molecular weight is 465 g/mol. The highest BCUT2D eigenvalue weighted by Gasteiger charge is 2.24. The molecule has 4 aromatic rings. The Morgan fingerprint density at radius 1 is 1.24 bits per heavy atom. The summed E-state index contributed by atoms with van der Waals surface area (Å²) in [5.74, 6) is -0.336. The molecule has 0 radical (unpaired) electrons. The number of amides is 1. The summed E-state index contributed by atoms with van der Waals surface area (Å²) in [5, 5.41) is 3.61. The number of anilines is 1. The van der Waals surface area contributed by atoms with Crippen molar-refractivity contribution in [3.63, 3.8) is 0 Å². The monoisotopic (exact) mass is 464 g/mol. The van der Waals surface area contributed by atoms with Crippen molar-refractivity contribution >= 4 is 43.4 Å². The molecule has 0 spiro atoms. The van der Waals surface area contributed by atoms with Gasteiger partial charge in [0.25, 0.3) is 5.56 Å². The first kappa shape index (κ1) is 21.5. The molecule has 1 saturated heterocycles. The van der Waals surface area contributed by atoms with Crippen LogP contribution in [0, 0.1) is 13.8 Å². The van der Waals surface area contributed by atoms with Crippen LogP contribution in [0.15, 0.2) is 46.1 Å². The summed E-state index contributed by atoms with van der Waals surface area (Å²) < 4.78 is 8.69. The van der Waals surface area contributed by atoms with E-state index in [-0.39, 0.29) is 30.7 Å². The third kappa shape index (κ3) is 3.98. The minimum Gasteiger partial charge on any atom is -0.376 e. The number of nitrogens with one attached hydrogen (secondary N) is 1. The molecule has 9 heteroatoms. The van der Waals surface area contributed by atoms with Crippen LogP contribution in [-0.2, 0) is 22.6 Å². The molecule has 1 fully saturated rings. The molecule has 1 N–H and O–H groups in total. The van der Waals surface area contributed by atoms with Crippen molar-refractivity contribution in [3.8, 4) is 0 Å². The highest BCUT2D eigenvalue weighted by molar-refractivity contribution is 7.25. The molecule has 33 heavy (non-hydrogen) atoms. The van der Waals surface area contributed by atoms with Crippen LogP contribution < -0.4 is 16.6 Å². The van der Waals surface area contributed by atoms with Crippen LogP contribution in [0.25, 0.3) is 20.4 Å². The minimum absolute atomic E-state index is 0.174. The number of benzene rings is 1. The van der Waals surface area contributed by atoms with Crippen molar-refractivity contribution in [1.82, 2.24) is 14.1 Å². The highest BCUT2D eigenvalue weighted by Crippen LogP contribution is 2.29. The lowest BCUT2D eigenvalue weighted by molar-refractivity contribution is -0.116. The second-order valence-corrected chi connectivity index (χ2v) is 9.42. The van der Waals surface area contributed by atoms with E-state index in [2.05, 4.69) is 10.3 Å². The predicted molar refractivity (Wildman–Crippen MR) is 129 cm³/mol. The smallest absolute Gasteiger partial charge is 0.332 e. The maximum Gasteiger partial charge on any atom is 0.332 e. The summed E-state index contributed by atoms with van der Waals surface area (Å²) in [7, 11) is 0. The van der Waals surface area contributed by atoms with Gasteiger partial charge in [-0.3, -0.25) is 18.7 Å². The summed E-state index contributed by atoms with van der Waals surface area (Å²) >= 11 is 1.24. The zero-order valence-electron chi connectivity index (χ0n) is 18.5. The van der Waals surface area contributed by atoms with E-state index < -0.39 is 5.69 Å². The molecular formula is C24H24N4O4S. The Kier molecular flexibility index (Phi) is 5.59. The van der Waals surface area contributed by atoms with Gasteiger partial charge in [-0.05, 0) is 56.0 Å². The molecule has 1 aliphatic rings. The Balaban J connectivity index is 1.62. The fourth-order valence-electron chi connectivity index (χ4n) is 4.29. The normalized spacial score (nSPS) is 16.0. The van der Waals surface area contributed by atoms with Crippen LogP contribution in [0.3, 0.4) is 0 Å². The van der Waals surface area contributed by atoms with E-state index >= 15 is 0 Å². The first-order valence-corrected chi connectivity index (χ1v) is 11.7. The van der Waals surface area contributed by atoms with Gasteiger partial charge in [0.2, 0.25) is 5.91 Å². The van der Waals surface area contributed by atoms with Crippen LogP contribution in [-0.4, -0.2) is 32.7 Å². The summed E-state index contributed by atoms with van der Waals surface area (Å²) in [5.41, 5.74) is 2.24. The van der Waals surface area contributed by atoms with Crippen molar-refractivity contribution in [3.05, 3.63) is 68.5 Å². The SMILES string of the molecule is Cc1ccc(C)c(NC(=O)Cn2c(=O)n(C[C@@H]3CCCO3)c(=O)c3sc4ncccc4c32)c1. The van der Waals surface area contributed by atoms with Crippen molar-refractivity contribution in [2.45, 2.75) is 45.9 Å². The summed E-state index contributed by atoms with van der Waals surface area (Å²) in [6.45, 7) is 4.46. The largest absolute Gasteiger partial charge is 0.376 e. The Labute approximate surface area is 193 Å². The third-order valence-corrected chi connectivity index (χ3v) is 7.08. The molecule has 1 atom stereocenters. The molecule has 1 aliphatic heterocycles. The van der Waals surface area contributed by atoms with Crippen LogP contribution in [0.1, 0.15) is 24.0 Å². The number of carbonyl (C=O) groups is 1. The number of pyridine rings is 1. The van der Waals surface area contributed by atoms with Crippen molar-refractivity contribution < 1.29 is 9.53 Å². The second-order valence-electron chi connectivity index (χ2n) is 8.42. The van der Waals surface area contributed by atoms with Gasteiger partial charge < -0.3 is 10.1 Å². The first-order chi connectivity index (χ1) is 15.9. The Bertz CT molecular complexity index is 1490. The van der Waals surface area contributed by atoms with Gasteiger partial charge in [0.15, 0.2) is 0 Å². The van der Waals surface area contributed by atoms with Gasteiger partial charge in [-0.15, -0.1) is 11.3 Å². The third-order valence-electron chi connectivity index (χ3n) is 5.99. The second kappa shape index (κ2) is 8.57. The molecule has 1 aromatic carbocycles. The van der Waals surface area contributed by atoms with Gasteiger partial charge in [-0.25, -0.2) is 9.78 Å². The van der Waals surface area contributed by atoms with Gasteiger partial charge in [-0.2, -0.15) is 0 Å². The number of aromatic nitrogens is 3. The van der Waals surface area contributed by atoms with Gasteiger partial charge in [0.1, 0.15) is 16.1 Å². The number of thiophene rings is 1. The number of aryl methyl sites for hydroxylation is 2. The molecule has 0 saturated carbocycles. The lowest BCUT2D eigenvalue weighted by atomic mass is 10.1. The van der Waals surface area contributed by atoms with E-state index in [0.717, 1.165) is 24.0 Å². The van der Waals surface area contributed by atoms with Gasteiger partial charge >= 0.3 is 5.69 Å². The summed E-state index contributed by atoms with van der Waals surface area (Å²) in [6.07, 6.45) is 3.17. The number of nitrogens with zero attached hydrogens (tertiary/aromatic N) is 3. The number of carbonyl (C=O) groups excluding carboxylic acids is 1. The minimum atomic E-state index is -0.511. The Morgan fingerprint density at radius 3 is 2.88 bits per heavy atom. The zero-order valence-corrected chi connectivity index (χ0v) is 19.3. The van der Waals surface area contributed by atoms with Crippen molar-refractivity contribution in [1.29, 1.82) is 0 Å². The predicted octanol–water partition coefficient (Wildman–Crippen LogP) is 3.21. The molecule has 3 aromatic heterocycles. The van der Waals surface area contributed by atoms with Gasteiger partial charge in [0, 0.05) is 23.9 Å². The standard InChI is InChI=1S/C24H24N4O4S/c1-14-7-8-15(2)18(11-14)26-19(29)13-27-20-17-6-3-9-25-22(17)33-21(20)23(30)28(24(27)31)12-16-5-4-10-32-16/h3,6-9,11,16H,4-5,10,12-13H2,1-2H3,(H,26,29)/t16-/m0/s1. The molecule has 5 rings (SSSR count). The van der Waals surface area contributed by atoms with E-state index in [1.54, 1.807) is 12.3 Å². The maximum atomic E-state index is 13.5. The van der Waals surface area contributed by atoms with Crippen LogP contribution >= 0.6 is 11.3 Å². The van der Waals surface area contributed by atoms with Crippen molar-refractivity contribution in [2.75, 3.05) is 11.9 Å². The number of ether oxygens (including phenoxy) is 1. The number of fused-ring (bicyclic) bond motifs is 3. The first-order valence-electron chi connectivity index (χ1n) is 10.9. The summed E-state index contributed by atoms with van der Waals surface area (Å²) in [6, 6.07) is 9.40. The summed E-state index contributed by atoms with van der Waals surface area (Å²) in [4.78, 5) is 44.9. The number of rotatable bonds is 5. The van der Waals surface area contributed by atoms with E-state index in [1.165, 1.54) is 20.5 Å². The topological polar surface area (TPSA) is 95.2 Å². The fourth-order valence-corrected chi connectivity index (χ4v) is 5.38. The zero-order chi connectivity index (χ0) is 23.1. The molecule has 0 bridgehead atoms. The van der Waals surface area contributed by atoms with Crippen LogP contribution in [0.4, 0.5) is 5.69 Å². The highest BCUT2D eigenvalue weighted by atomic mass is 32.1. The van der Waals surface area contributed by atoms with Crippen LogP contribution in [0.2, 0.25) is 0 Å². The lowest BCUT2D eigenvalue weighted by Gasteiger charge is -2.15. The van der Waals surface area contributed by atoms with E-state index in [4.69, 9.17) is 4.74 Å². The van der Waals surface area contributed by atoms with Crippen molar-refractivity contribution in [2.24, 2.45) is 0 Å². The average Bonchev–Trinajstić information content (AvgIpc) is 3.44. The van der Waals surface area contributed by atoms with E-state index in [1.807, 2.05) is 38.1 Å². The molecular weight excluding hydrogens is 440 g/mol. The maximum absolute atomic E-state index is 13.5. The van der Waals surface area contributed by atoms with Gasteiger partial charge in [0.05, 0.1) is 18.2 Å². The molecule has 170 valence electrons. The Hall–Kier alpha value is -3.30. The molecule has 0 aliphatic carbocycles. The quantitative estimate of drug-likeness (QED) is 0.489. The Morgan fingerprint density at radius 2 is 2.09 bits per heavy atom.